The second-order valence-electron chi connectivity index (χ2n) is 7.84. The lowest BCUT2D eigenvalue weighted by Crippen LogP contribution is -2.46. The number of hydrogen-bond donors (Lipinski definition) is 0. The van der Waals surface area contributed by atoms with Gasteiger partial charge in [-0.15, -0.1) is 0 Å². The average Bonchev–Trinajstić information content (AvgIpc) is 2.76. The molecule has 0 aliphatic carbocycles. The number of pyridine rings is 1. The van der Waals surface area contributed by atoms with Crippen LogP contribution < -0.4 is 9.57 Å². The number of benzene rings is 1. The molecule has 2 rings (SSSR count). The van der Waals surface area contributed by atoms with Gasteiger partial charge in [-0.2, -0.15) is 4.84 Å². The lowest BCUT2D eigenvalue weighted by atomic mass is 10.1. The van der Waals surface area contributed by atoms with Gasteiger partial charge in [0.25, 0.3) is 5.52 Å². The first-order valence-electron chi connectivity index (χ1n) is 11.7. The predicted octanol–water partition coefficient (Wildman–Crippen LogP) is 6.90. The van der Waals surface area contributed by atoms with Crippen molar-refractivity contribution in [3.05, 3.63) is 66.9 Å². The van der Waals surface area contributed by atoms with Crippen LogP contribution in [0.25, 0.3) is 10.9 Å². The fourth-order valence-corrected chi connectivity index (χ4v) is 3.45. The van der Waals surface area contributed by atoms with Crippen LogP contribution in [0, 0.1) is 0 Å². The van der Waals surface area contributed by atoms with Crippen LogP contribution in [-0.2, 0) is 4.79 Å². The highest BCUT2D eigenvalue weighted by Crippen LogP contribution is 2.09. The first-order chi connectivity index (χ1) is 14.8. The Hall–Kier alpha value is -2.42. The van der Waals surface area contributed by atoms with Gasteiger partial charge in [0.2, 0.25) is 6.20 Å². The van der Waals surface area contributed by atoms with Crippen LogP contribution in [0.3, 0.4) is 0 Å². The molecule has 0 bridgehead atoms. The quantitative estimate of drug-likeness (QED) is 0.182. The Morgan fingerprint density at radius 1 is 0.833 bits per heavy atom. The largest absolute Gasteiger partial charge is 0.380 e. The van der Waals surface area contributed by atoms with E-state index in [-0.39, 0.29) is 5.97 Å². The molecule has 0 N–H and O–H groups in total. The first-order valence-corrected chi connectivity index (χ1v) is 11.7. The number of aromatic nitrogens is 1. The molecule has 3 nitrogen and oxygen atoms in total. The summed E-state index contributed by atoms with van der Waals surface area (Å²) in [7, 11) is 0. The van der Waals surface area contributed by atoms with Crippen LogP contribution in [0.15, 0.2) is 66.9 Å². The number of nitrogens with zero attached hydrogens (tertiary/aromatic N) is 1. The number of hydrogen-bond acceptors (Lipinski definition) is 2. The highest BCUT2D eigenvalue weighted by atomic mass is 16.7. The van der Waals surface area contributed by atoms with Crippen molar-refractivity contribution >= 4 is 16.9 Å². The third-order valence-electron chi connectivity index (χ3n) is 5.20. The highest BCUT2D eigenvalue weighted by Gasteiger charge is 2.14. The molecule has 2 aromatic rings. The molecule has 0 unspecified atom stereocenters. The van der Waals surface area contributed by atoms with Crippen molar-refractivity contribution in [2.45, 2.75) is 84.0 Å². The van der Waals surface area contributed by atoms with Gasteiger partial charge < -0.3 is 0 Å². The number of para-hydroxylation sites is 1. The van der Waals surface area contributed by atoms with E-state index in [1.54, 1.807) is 10.9 Å². The summed E-state index contributed by atoms with van der Waals surface area (Å²) in [6.45, 7) is 2.24. The molecule has 0 fully saturated rings. The predicted molar refractivity (Wildman–Crippen MR) is 125 cm³/mol. The lowest BCUT2D eigenvalue weighted by Gasteiger charge is -2.01. The molecule has 0 spiro atoms. The van der Waals surface area contributed by atoms with Crippen LogP contribution in [0.2, 0.25) is 0 Å². The zero-order chi connectivity index (χ0) is 21.3. The third-order valence-corrected chi connectivity index (χ3v) is 5.20. The Bertz CT molecular complexity index is 789. The molecule has 30 heavy (non-hydrogen) atoms. The van der Waals surface area contributed by atoms with E-state index in [4.69, 9.17) is 4.84 Å². The van der Waals surface area contributed by atoms with Crippen molar-refractivity contribution in [2.75, 3.05) is 0 Å². The SMILES string of the molecule is CCCCC/C=C\C/C=C\CCCCCCCC(=O)O[n+]1cccc2ccccc21. The molecule has 3 heteroatoms. The summed E-state index contributed by atoms with van der Waals surface area (Å²) >= 11 is 0. The van der Waals surface area contributed by atoms with Crippen LogP contribution in [0.5, 0.6) is 0 Å². The molecule has 0 aliphatic heterocycles. The van der Waals surface area contributed by atoms with Gasteiger partial charge in [-0.1, -0.05) is 75.5 Å². The standard InChI is InChI=1S/C27H38NO2/c1-2-3-4-5-6-7-8-9-10-11-12-13-14-15-16-23-27(29)30-28-24-19-21-25-20-17-18-22-26(25)28/h6-7,9-10,17-22,24H,2-5,8,11-16,23H2,1H3/q+1/b7-6-,10-9-. The van der Waals surface area contributed by atoms with Crippen LogP contribution >= 0.6 is 0 Å². The molecule has 0 atom stereocenters. The van der Waals surface area contributed by atoms with Gasteiger partial charge in [-0.25, -0.2) is 4.79 Å². The van der Waals surface area contributed by atoms with Crippen LogP contribution in [0.1, 0.15) is 84.0 Å². The number of carbonyl (C=O) groups excluding carboxylic acids is 1. The molecule has 0 saturated heterocycles. The van der Waals surface area contributed by atoms with Gasteiger partial charge in [0.15, 0.2) is 0 Å². The topological polar surface area (TPSA) is 30.2 Å². The van der Waals surface area contributed by atoms with Gasteiger partial charge in [-0.3, -0.25) is 0 Å². The summed E-state index contributed by atoms with van der Waals surface area (Å²) in [6.07, 6.45) is 24.4. The Labute approximate surface area is 182 Å². The number of rotatable bonds is 15. The summed E-state index contributed by atoms with van der Waals surface area (Å²) in [6, 6.07) is 11.8. The van der Waals surface area contributed by atoms with Gasteiger partial charge in [0.05, 0.1) is 11.8 Å². The van der Waals surface area contributed by atoms with Crippen molar-refractivity contribution in [1.82, 2.24) is 0 Å². The first kappa shape index (κ1) is 23.9. The average molecular weight is 409 g/mol. The zero-order valence-electron chi connectivity index (χ0n) is 18.6. The van der Waals surface area contributed by atoms with E-state index in [2.05, 4.69) is 31.2 Å². The Morgan fingerprint density at radius 3 is 2.30 bits per heavy atom. The maximum atomic E-state index is 12.1. The molecule has 1 heterocycles. The molecule has 0 radical (unpaired) electrons. The summed E-state index contributed by atoms with van der Waals surface area (Å²) in [5.74, 6) is -0.165. The Balaban J connectivity index is 1.48. The molecule has 1 aromatic carbocycles. The van der Waals surface area contributed by atoms with Gasteiger partial charge in [0.1, 0.15) is 0 Å². The van der Waals surface area contributed by atoms with Gasteiger partial charge in [0, 0.05) is 16.9 Å². The van der Waals surface area contributed by atoms with E-state index < -0.39 is 0 Å². The summed E-state index contributed by atoms with van der Waals surface area (Å²) < 4.78 is 1.57. The molecule has 162 valence electrons. The smallest absolute Gasteiger partial charge is 0.245 e. The van der Waals surface area contributed by atoms with Gasteiger partial charge >= 0.3 is 5.97 Å². The maximum absolute atomic E-state index is 12.1. The van der Waals surface area contributed by atoms with E-state index in [0.29, 0.717) is 6.42 Å². The third kappa shape index (κ3) is 9.87. The van der Waals surface area contributed by atoms with Crippen LogP contribution in [-0.4, -0.2) is 5.97 Å². The molecular formula is C27H38NO2+. The lowest BCUT2D eigenvalue weighted by molar-refractivity contribution is -0.848. The highest BCUT2D eigenvalue weighted by molar-refractivity contribution is 5.75. The summed E-state index contributed by atoms with van der Waals surface area (Å²) in [5, 5.41) is 1.06. The molecule has 0 saturated carbocycles. The van der Waals surface area contributed by atoms with Crippen molar-refractivity contribution in [1.29, 1.82) is 0 Å². The van der Waals surface area contributed by atoms with Crippen molar-refractivity contribution in [3.63, 3.8) is 0 Å². The maximum Gasteiger partial charge on any atom is 0.380 e. The molecule has 1 aromatic heterocycles. The van der Waals surface area contributed by atoms with Crippen LogP contribution in [0.4, 0.5) is 0 Å². The summed E-state index contributed by atoms with van der Waals surface area (Å²) in [5.41, 5.74) is 0.911. The molecule has 0 amide bonds. The number of carbonyl (C=O) groups is 1. The minimum atomic E-state index is -0.165. The summed E-state index contributed by atoms with van der Waals surface area (Å²) in [4.78, 5) is 17.6. The van der Waals surface area contributed by atoms with E-state index in [1.165, 1.54) is 44.9 Å². The number of unbranched alkanes of at least 4 members (excludes halogenated alkanes) is 8. The van der Waals surface area contributed by atoms with E-state index in [9.17, 15) is 4.79 Å². The Morgan fingerprint density at radius 2 is 1.50 bits per heavy atom. The fourth-order valence-electron chi connectivity index (χ4n) is 3.45. The Kier molecular flexibility index (Phi) is 12.3. The van der Waals surface area contributed by atoms with Gasteiger partial charge in [-0.05, 0) is 50.7 Å². The fraction of sp³-hybridized carbons (Fsp3) is 0.481. The molecular weight excluding hydrogens is 370 g/mol. The van der Waals surface area contributed by atoms with E-state index in [0.717, 1.165) is 36.6 Å². The van der Waals surface area contributed by atoms with Crippen molar-refractivity contribution < 1.29 is 14.4 Å². The minimum absolute atomic E-state index is 0.165. The number of allylic oxidation sites excluding steroid dienone is 4. The zero-order valence-corrected chi connectivity index (χ0v) is 18.6. The second kappa shape index (κ2) is 15.4. The molecule has 0 aliphatic rings. The van der Waals surface area contributed by atoms with E-state index >= 15 is 0 Å². The normalized spacial score (nSPS) is 11.6. The van der Waals surface area contributed by atoms with Crippen molar-refractivity contribution in [3.8, 4) is 0 Å². The minimum Gasteiger partial charge on any atom is -0.245 e. The second-order valence-corrected chi connectivity index (χ2v) is 7.84. The number of fused-ring (bicyclic) bond motifs is 1. The monoisotopic (exact) mass is 408 g/mol. The van der Waals surface area contributed by atoms with E-state index in [1.807, 2.05) is 36.4 Å². The van der Waals surface area contributed by atoms with Crippen molar-refractivity contribution in [2.24, 2.45) is 0 Å².